The van der Waals surface area contributed by atoms with E-state index in [0.717, 1.165) is 16.3 Å². The Morgan fingerprint density at radius 3 is 2.07 bits per heavy atom. The van der Waals surface area contributed by atoms with Gasteiger partial charge in [-0.2, -0.15) is 0 Å². The molecule has 0 unspecified atom stereocenters. The maximum absolute atomic E-state index is 4.32. The molecule has 4 aromatic heterocycles. The molecule has 6 heteroatoms. The SMILES string of the molecule is [Ir].[c-]1c(-c2ccccn2)sc2ccccc12.c1ccc(-c2ncc[n-]2)nc1. The molecule has 0 aliphatic rings. The van der Waals surface area contributed by atoms with Crippen LogP contribution in [0.25, 0.3) is 32.2 Å². The minimum Gasteiger partial charge on any atom is -0.441 e. The number of thiophene rings is 1. The quantitative estimate of drug-likeness (QED) is 0.297. The Morgan fingerprint density at radius 1 is 0.741 bits per heavy atom. The first-order valence-corrected chi connectivity index (χ1v) is 8.89. The van der Waals surface area contributed by atoms with Gasteiger partial charge in [0.05, 0.1) is 5.69 Å². The second-order valence-electron chi connectivity index (χ2n) is 5.36. The zero-order valence-electron chi connectivity index (χ0n) is 14.1. The maximum Gasteiger partial charge on any atom is 0.0620 e. The molecule has 0 N–H and O–H groups in total. The number of hydrogen-bond donors (Lipinski definition) is 0. The van der Waals surface area contributed by atoms with E-state index in [9.17, 15) is 0 Å². The summed E-state index contributed by atoms with van der Waals surface area (Å²) in [6, 6.07) is 23.3. The summed E-state index contributed by atoms with van der Waals surface area (Å²) < 4.78 is 1.26. The molecular weight excluding hydrogens is 533 g/mol. The summed E-state index contributed by atoms with van der Waals surface area (Å²) >= 11 is 1.73. The Hall–Kier alpha value is -2.66. The van der Waals surface area contributed by atoms with Crippen molar-refractivity contribution in [1.29, 1.82) is 0 Å². The topological polar surface area (TPSA) is 52.8 Å². The van der Waals surface area contributed by atoms with Gasteiger partial charge in [0.15, 0.2) is 0 Å². The van der Waals surface area contributed by atoms with E-state index in [1.165, 1.54) is 10.1 Å². The van der Waals surface area contributed by atoms with Crippen molar-refractivity contribution in [2.24, 2.45) is 0 Å². The summed E-state index contributed by atoms with van der Waals surface area (Å²) in [5, 5.41) is 1.17. The molecule has 1 aromatic carbocycles. The molecule has 0 amide bonds. The molecule has 4 nitrogen and oxygen atoms in total. The number of fused-ring (bicyclic) bond motifs is 1. The molecule has 0 atom stereocenters. The fourth-order valence-corrected chi connectivity index (χ4v) is 3.38. The zero-order valence-corrected chi connectivity index (χ0v) is 17.3. The van der Waals surface area contributed by atoms with Crippen LogP contribution in [0.4, 0.5) is 0 Å². The molecule has 1 radical (unpaired) electrons. The third-order valence-corrected chi connectivity index (χ3v) is 4.69. The van der Waals surface area contributed by atoms with Gasteiger partial charge in [-0.1, -0.05) is 42.7 Å². The number of benzene rings is 1. The van der Waals surface area contributed by atoms with Crippen molar-refractivity contribution in [3.63, 3.8) is 0 Å². The van der Waals surface area contributed by atoms with Crippen LogP contribution < -0.4 is 4.98 Å². The summed E-state index contributed by atoms with van der Waals surface area (Å²) in [5.41, 5.74) is 1.82. The van der Waals surface area contributed by atoms with Gasteiger partial charge >= 0.3 is 0 Å². The molecule has 0 saturated heterocycles. The van der Waals surface area contributed by atoms with Gasteiger partial charge in [0.1, 0.15) is 0 Å². The van der Waals surface area contributed by atoms with Crippen LogP contribution in [0.5, 0.6) is 0 Å². The van der Waals surface area contributed by atoms with Gasteiger partial charge in [-0.25, -0.2) is 11.3 Å². The fraction of sp³-hybridized carbons (Fsp3) is 0. The van der Waals surface area contributed by atoms with Crippen molar-refractivity contribution in [3.05, 3.63) is 91.5 Å². The van der Waals surface area contributed by atoms with Crippen LogP contribution >= 0.6 is 11.3 Å². The van der Waals surface area contributed by atoms with Crippen LogP contribution in [0.2, 0.25) is 0 Å². The molecule has 0 spiro atoms. The molecule has 5 rings (SSSR count). The monoisotopic (exact) mass is 547 g/mol. The van der Waals surface area contributed by atoms with Gasteiger partial charge in [0.2, 0.25) is 0 Å². The smallest absolute Gasteiger partial charge is 0.0620 e. The molecule has 0 fully saturated rings. The first kappa shape index (κ1) is 19.1. The molecular formula is C21H14IrN4S-2. The Balaban J connectivity index is 0.000000157. The Labute approximate surface area is 174 Å². The van der Waals surface area contributed by atoms with E-state index in [1.807, 2.05) is 48.7 Å². The van der Waals surface area contributed by atoms with E-state index in [0.29, 0.717) is 5.82 Å². The van der Waals surface area contributed by atoms with E-state index in [4.69, 9.17) is 0 Å². The third-order valence-electron chi connectivity index (χ3n) is 3.60. The van der Waals surface area contributed by atoms with Gasteiger partial charge in [0.25, 0.3) is 0 Å². The average molecular weight is 547 g/mol. The predicted octanol–water partition coefficient (Wildman–Crippen LogP) is 4.86. The fourth-order valence-electron chi connectivity index (χ4n) is 2.40. The molecule has 4 heterocycles. The van der Waals surface area contributed by atoms with Crippen molar-refractivity contribution in [1.82, 2.24) is 19.9 Å². The number of pyridine rings is 2. The number of aromatic nitrogens is 4. The van der Waals surface area contributed by atoms with Crippen molar-refractivity contribution in [2.75, 3.05) is 0 Å². The van der Waals surface area contributed by atoms with E-state index in [2.05, 4.69) is 44.2 Å². The summed E-state index contributed by atoms with van der Waals surface area (Å²) in [4.78, 5) is 17.6. The van der Waals surface area contributed by atoms with Gasteiger partial charge in [-0.05, 0) is 33.6 Å². The molecule has 0 aliphatic heterocycles. The van der Waals surface area contributed by atoms with E-state index >= 15 is 0 Å². The normalized spacial score (nSPS) is 9.93. The van der Waals surface area contributed by atoms with E-state index in [-0.39, 0.29) is 20.1 Å². The molecule has 5 aromatic rings. The number of hydrogen-bond acceptors (Lipinski definition) is 4. The van der Waals surface area contributed by atoms with Crippen LogP contribution in [0.1, 0.15) is 0 Å². The number of nitrogens with zero attached hydrogens (tertiary/aromatic N) is 4. The second-order valence-corrected chi connectivity index (χ2v) is 6.41. The molecule has 27 heavy (non-hydrogen) atoms. The second kappa shape index (κ2) is 9.33. The summed E-state index contributed by atoms with van der Waals surface area (Å²) in [7, 11) is 0. The van der Waals surface area contributed by atoms with Gasteiger partial charge < -0.3 is 15.0 Å². The summed E-state index contributed by atoms with van der Waals surface area (Å²) in [6.07, 6.45) is 6.85. The van der Waals surface area contributed by atoms with Crippen molar-refractivity contribution < 1.29 is 20.1 Å². The standard InChI is InChI=1S/C13H8NS.C8H6N3.Ir/c1-2-7-12-10(5-1)9-13(15-12)11-6-3-4-8-14-11;1-2-4-9-7(3-1)8-10-5-6-11-8;/h1-8H;1-6H;/q2*-1;. The van der Waals surface area contributed by atoms with Crippen LogP contribution in [-0.4, -0.2) is 15.0 Å². The Morgan fingerprint density at radius 2 is 1.44 bits per heavy atom. The first-order valence-electron chi connectivity index (χ1n) is 8.07. The number of rotatable bonds is 2. The zero-order chi connectivity index (χ0) is 17.6. The summed E-state index contributed by atoms with van der Waals surface area (Å²) in [5.74, 6) is 0.686. The van der Waals surface area contributed by atoms with E-state index in [1.54, 1.807) is 29.9 Å². The van der Waals surface area contributed by atoms with Crippen LogP contribution in [0.3, 0.4) is 0 Å². The molecule has 0 saturated carbocycles. The van der Waals surface area contributed by atoms with Gasteiger partial charge in [-0.15, -0.1) is 23.6 Å². The van der Waals surface area contributed by atoms with Crippen molar-refractivity contribution in [3.8, 4) is 22.1 Å². The predicted molar refractivity (Wildman–Crippen MR) is 105 cm³/mol. The van der Waals surface area contributed by atoms with Crippen LogP contribution in [0, 0.1) is 6.07 Å². The third kappa shape index (κ3) is 4.74. The Bertz CT molecular complexity index is 1040. The van der Waals surface area contributed by atoms with Crippen LogP contribution in [0.15, 0.2) is 85.5 Å². The van der Waals surface area contributed by atoms with E-state index < -0.39 is 0 Å². The van der Waals surface area contributed by atoms with Crippen LogP contribution in [-0.2, 0) is 20.1 Å². The number of imidazole rings is 1. The maximum atomic E-state index is 4.32. The summed E-state index contributed by atoms with van der Waals surface area (Å²) in [6.45, 7) is 0. The van der Waals surface area contributed by atoms with Crippen molar-refractivity contribution >= 4 is 21.4 Å². The van der Waals surface area contributed by atoms with Gasteiger partial charge in [0, 0.05) is 38.2 Å². The first-order chi connectivity index (χ1) is 12.9. The molecule has 0 bridgehead atoms. The van der Waals surface area contributed by atoms with Gasteiger partial charge in [-0.3, -0.25) is 4.98 Å². The van der Waals surface area contributed by atoms with Crippen molar-refractivity contribution in [2.45, 2.75) is 0 Å². The minimum atomic E-state index is 0. The largest absolute Gasteiger partial charge is 0.441 e. The molecule has 0 aliphatic carbocycles. The Kier molecular flexibility index (Phi) is 6.60. The minimum absolute atomic E-state index is 0. The average Bonchev–Trinajstić information content (AvgIpc) is 3.40. The molecule has 135 valence electrons.